The molecule has 0 unspecified atom stereocenters. The molecule has 0 aliphatic heterocycles. The van der Waals surface area contributed by atoms with Crippen molar-refractivity contribution in [2.75, 3.05) is 7.11 Å². The van der Waals surface area contributed by atoms with Crippen LogP contribution < -0.4 is 23.6 Å². The fraction of sp³-hybridized carbons (Fsp3) is 0.125. The van der Waals surface area contributed by atoms with Crippen molar-refractivity contribution < 1.29 is 23.6 Å². The summed E-state index contributed by atoms with van der Waals surface area (Å²) in [7, 11) is 1.63. The van der Waals surface area contributed by atoms with E-state index in [-0.39, 0.29) is 18.9 Å². The molecule has 0 atom stereocenters. The van der Waals surface area contributed by atoms with Crippen LogP contribution in [0.25, 0.3) is 0 Å². The van der Waals surface area contributed by atoms with Gasteiger partial charge in [0.1, 0.15) is 0 Å². The molecule has 0 heterocycles. The first-order valence-corrected chi connectivity index (χ1v) is 3.38. The molecular weight excluding hydrogens is 154 g/mol. The van der Waals surface area contributed by atoms with E-state index in [4.69, 9.17) is 16.3 Å². The molecule has 0 spiro atoms. The Morgan fingerprint density at radius 2 is 2.18 bits per heavy atom. The van der Waals surface area contributed by atoms with Crippen molar-refractivity contribution in [2.24, 2.45) is 0 Å². The second kappa shape index (κ2) is 5.43. The molecule has 1 rings (SSSR count). The van der Waals surface area contributed by atoms with Crippen molar-refractivity contribution in [3.05, 3.63) is 35.7 Å². The van der Waals surface area contributed by atoms with Crippen LogP contribution in [-0.4, -0.2) is 7.11 Å². The summed E-state index contributed by atoms with van der Waals surface area (Å²) in [5, 5.41) is 0. The zero-order valence-corrected chi connectivity index (χ0v) is 7.43. The standard InChI is InChI=1S/C8H8ClO.Li/c1-10-8-4-2-3-7(5-8)6-9;/h2-6H,1H3;/q-1;+1. The molecule has 0 saturated heterocycles. The van der Waals surface area contributed by atoms with Gasteiger partial charge in [-0.1, -0.05) is 5.88 Å². The predicted molar refractivity (Wildman–Crippen MR) is 42.2 cm³/mol. The van der Waals surface area contributed by atoms with Gasteiger partial charge in [-0.15, -0.1) is 12.1 Å². The van der Waals surface area contributed by atoms with Gasteiger partial charge in [0.15, 0.2) is 0 Å². The number of hydrogen-bond acceptors (Lipinski definition) is 1. The Bertz CT molecular complexity index is 196. The Balaban J connectivity index is 0.000001000. The van der Waals surface area contributed by atoms with Crippen molar-refractivity contribution in [1.29, 1.82) is 0 Å². The Kier molecular flexibility index (Phi) is 5.32. The van der Waals surface area contributed by atoms with Crippen LogP contribution in [0.1, 0.15) is 5.56 Å². The van der Waals surface area contributed by atoms with Gasteiger partial charge < -0.3 is 4.74 Å². The maximum Gasteiger partial charge on any atom is 1.00 e. The van der Waals surface area contributed by atoms with Gasteiger partial charge in [0, 0.05) is 0 Å². The second-order valence-corrected chi connectivity index (χ2v) is 2.10. The number of methoxy groups -OCH3 is 1. The molecule has 1 aromatic rings. The molecule has 0 amide bonds. The van der Waals surface area contributed by atoms with Crippen molar-refractivity contribution in [2.45, 2.75) is 0 Å². The molecule has 0 radical (unpaired) electrons. The second-order valence-electron chi connectivity index (χ2n) is 1.89. The van der Waals surface area contributed by atoms with E-state index in [9.17, 15) is 0 Å². The SMILES string of the molecule is COc1cccc([CH-]Cl)c1.[Li+]. The van der Waals surface area contributed by atoms with E-state index < -0.39 is 0 Å². The summed E-state index contributed by atoms with van der Waals surface area (Å²) in [6.07, 6.45) is 0. The van der Waals surface area contributed by atoms with Crippen molar-refractivity contribution in [3.63, 3.8) is 0 Å². The van der Waals surface area contributed by atoms with Gasteiger partial charge >= 0.3 is 18.9 Å². The zero-order valence-electron chi connectivity index (χ0n) is 6.67. The van der Waals surface area contributed by atoms with Crippen molar-refractivity contribution in [3.8, 4) is 5.75 Å². The first-order chi connectivity index (χ1) is 4.86. The van der Waals surface area contributed by atoms with E-state index >= 15 is 0 Å². The fourth-order valence-corrected chi connectivity index (χ4v) is 0.845. The van der Waals surface area contributed by atoms with Crippen LogP contribution in [0.5, 0.6) is 5.75 Å². The summed E-state index contributed by atoms with van der Waals surface area (Å²) in [6.45, 7) is 0. The fourth-order valence-electron chi connectivity index (χ4n) is 0.709. The summed E-state index contributed by atoms with van der Waals surface area (Å²) >= 11 is 5.48. The van der Waals surface area contributed by atoms with E-state index in [2.05, 4.69) is 0 Å². The topological polar surface area (TPSA) is 9.23 Å². The van der Waals surface area contributed by atoms with Gasteiger partial charge in [0.05, 0.1) is 12.9 Å². The first kappa shape index (κ1) is 10.8. The summed E-state index contributed by atoms with van der Waals surface area (Å²) in [4.78, 5) is 0. The van der Waals surface area contributed by atoms with Gasteiger partial charge in [-0.3, -0.25) is 0 Å². The molecule has 0 N–H and O–H groups in total. The Morgan fingerprint density at radius 1 is 1.45 bits per heavy atom. The zero-order chi connectivity index (χ0) is 7.40. The summed E-state index contributed by atoms with van der Waals surface area (Å²) in [5.74, 6) is 2.34. The predicted octanol–water partition coefficient (Wildman–Crippen LogP) is -0.552. The molecule has 3 heteroatoms. The van der Waals surface area contributed by atoms with E-state index in [1.807, 2.05) is 24.3 Å². The molecule has 0 saturated carbocycles. The van der Waals surface area contributed by atoms with E-state index in [1.54, 1.807) is 7.11 Å². The molecule has 1 aromatic carbocycles. The molecule has 0 aliphatic carbocycles. The third-order valence-electron chi connectivity index (χ3n) is 1.22. The summed E-state index contributed by atoms with van der Waals surface area (Å²) in [5.41, 5.74) is 0.959. The molecule has 0 fully saturated rings. The first-order valence-electron chi connectivity index (χ1n) is 2.94. The van der Waals surface area contributed by atoms with Crippen LogP contribution in [0.2, 0.25) is 0 Å². The van der Waals surface area contributed by atoms with Gasteiger partial charge in [0.2, 0.25) is 0 Å². The van der Waals surface area contributed by atoms with E-state index in [1.165, 1.54) is 5.88 Å². The van der Waals surface area contributed by atoms with Crippen LogP contribution in [0.3, 0.4) is 0 Å². The minimum Gasteiger partial charge on any atom is -0.510 e. The van der Waals surface area contributed by atoms with E-state index in [0.717, 1.165) is 11.3 Å². The molecule has 0 bridgehead atoms. The summed E-state index contributed by atoms with van der Waals surface area (Å²) < 4.78 is 4.98. The maximum absolute atomic E-state index is 5.48. The van der Waals surface area contributed by atoms with Gasteiger partial charge in [0.25, 0.3) is 0 Å². The van der Waals surface area contributed by atoms with Crippen molar-refractivity contribution >= 4 is 11.6 Å². The van der Waals surface area contributed by atoms with Crippen LogP contribution >= 0.6 is 11.6 Å². The average Bonchev–Trinajstić information content (AvgIpc) is 2.05. The third kappa shape index (κ3) is 3.12. The third-order valence-corrected chi connectivity index (χ3v) is 1.47. The van der Waals surface area contributed by atoms with Gasteiger partial charge in [-0.2, -0.15) is 23.2 Å². The van der Waals surface area contributed by atoms with Gasteiger partial charge in [-0.25, -0.2) is 0 Å². The van der Waals surface area contributed by atoms with Crippen LogP contribution in [-0.2, 0) is 0 Å². The van der Waals surface area contributed by atoms with Crippen molar-refractivity contribution in [1.82, 2.24) is 0 Å². The quantitative estimate of drug-likeness (QED) is 0.419. The average molecular weight is 163 g/mol. The molecule has 1 nitrogen and oxygen atoms in total. The Labute approximate surface area is 83.9 Å². The molecule has 11 heavy (non-hydrogen) atoms. The number of rotatable bonds is 2. The maximum atomic E-state index is 5.48. The summed E-state index contributed by atoms with van der Waals surface area (Å²) in [6, 6.07) is 7.56. The minimum absolute atomic E-state index is 0. The number of ether oxygens (including phenoxy) is 1. The molecule has 0 aliphatic rings. The van der Waals surface area contributed by atoms with Crippen LogP contribution in [0, 0.1) is 5.88 Å². The van der Waals surface area contributed by atoms with Crippen LogP contribution in [0.15, 0.2) is 24.3 Å². The Hall–Kier alpha value is -0.223. The normalized spacial score (nSPS) is 8.18. The Morgan fingerprint density at radius 3 is 2.73 bits per heavy atom. The minimum atomic E-state index is 0. The smallest absolute Gasteiger partial charge is 0.510 e. The molecular formula is C8H8ClLiO. The van der Waals surface area contributed by atoms with Gasteiger partial charge in [-0.05, 0) is 6.07 Å². The molecule has 0 aromatic heterocycles. The van der Waals surface area contributed by atoms with Crippen LogP contribution in [0.4, 0.5) is 0 Å². The monoisotopic (exact) mass is 162 g/mol. The molecule has 54 valence electrons. The number of benzene rings is 1. The number of halogens is 1. The number of hydrogen-bond donors (Lipinski definition) is 0. The largest absolute Gasteiger partial charge is 1.00 e. The van der Waals surface area contributed by atoms with E-state index in [0.29, 0.717) is 0 Å².